The summed E-state index contributed by atoms with van der Waals surface area (Å²) >= 11 is 0. The topological polar surface area (TPSA) is 59.8 Å². The summed E-state index contributed by atoms with van der Waals surface area (Å²) in [5.74, 6) is -0.150. The standard InChI is InChI=1S/C11H14N4O/c1-4-12-11(16)9-6-5-8-7(2)14-15(3)10(8)13-9/h5-6H,4H2,1-3H3,(H,12,16). The second kappa shape index (κ2) is 3.92. The number of hydrogen-bond acceptors (Lipinski definition) is 3. The van der Waals surface area contributed by atoms with Crippen molar-refractivity contribution in [3.8, 4) is 0 Å². The minimum absolute atomic E-state index is 0.150. The van der Waals surface area contributed by atoms with Crippen LogP contribution in [0.4, 0.5) is 0 Å². The van der Waals surface area contributed by atoms with E-state index in [1.54, 1.807) is 10.7 Å². The third-order valence-electron chi connectivity index (χ3n) is 2.44. The first kappa shape index (κ1) is 10.6. The monoisotopic (exact) mass is 218 g/mol. The summed E-state index contributed by atoms with van der Waals surface area (Å²) in [5, 5.41) is 7.96. The predicted molar refractivity (Wildman–Crippen MR) is 61.3 cm³/mol. The van der Waals surface area contributed by atoms with E-state index in [0.717, 1.165) is 16.7 Å². The minimum atomic E-state index is -0.150. The van der Waals surface area contributed by atoms with Gasteiger partial charge >= 0.3 is 0 Å². The van der Waals surface area contributed by atoms with Gasteiger partial charge in [0, 0.05) is 19.0 Å². The molecule has 2 aromatic heterocycles. The van der Waals surface area contributed by atoms with Crippen LogP contribution >= 0.6 is 0 Å². The Morgan fingerprint density at radius 1 is 1.50 bits per heavy atom. The normalized spacial score (nSPS) is 10.7. The van der Waals surface area contributed by atoms with Crippen LogP contribution in [0.3, 0.4) is 0 Å². The quantitative estimate of drug-likeness (QED) is 0.818. The van der Waals surface area contributed by atoms with Crippen LogP contribution in [0.15, 0.2) is 12.1 Å². The second-order valence-corrected chi connectivity index (χ2v) is 3.64. The Hall–Kier alpha value is -1.91. The minimum Gasteiger partial charge on any atom is -0.351 e. The van der Waals surface area contributed by atoms with Crippen LogP contribution < -0.4 is 5.32 Å². The van der Waals surface area contributed by atoms with Crippen LogP contribution in [0.5, 0.6) is 0 Å². The Bertz CT molecular complexity index is 544. The Morgan fingerprint density at radius 2 is 2.25 bits per heavy atom. The number of rotatable bonds is 2. The largest absolute Gasteiger partial charge is 0.351 e. The van der Waals surface area contributed by atoms with Crippen molar-refractivity contribution in [2.45, 2.75) is 13.8 Å². The van der Waals surface area contributed by atoms with Crippen molar-refractivity contribution >= 4 is 16.9 Å². The number of nitrogens with zero attached hydrogens (tertiary/aromatic N) is 3. The highest BCUT2D eigenvalue weighted by Gasteiger charge is 2.10. The van der Waals surface area contributed by atoms with Crippen LogP contribution in [0.25, 0.3) is 11.0 Å². The average molecular weight is 218 g/mol. The SMILES string of the molecule is CCNC(=O)c1ccc2c(C)nn(C)c2n1. The van der Waals surface area contributed by atoms with Crippen LogP contribution in [-0.2, 0) is 7.05 Å². The Balaban J connectivity index is 2.51. The molecule has 0 spiro atoms. The molecule has 0 aliphatic rings. The zero-order chi connectivity index (χ0) is 11.7. The number of hydrogen-bond donors (Lipinski definition) is 1. The predicted octanol–water partition coefficient (Wildman–Crippen LogP) is 1.03. The van der Waals surface area contributed by atoms with Gasteiger partial charge in [-0.2, -0.15) is 5.10 Å². The molecule has 0 atom stereocenters. The zero-order valence-electron chi connectivity index (χ0n) is 9.61. The van der Waals surface area contributed by atoms with E-state index >= 15 is 0 Å². The van der Waals surface area contributed by atoms with Crippen LogP contribution in [0.2, 0.25) is 0 Å². The molecule has 0 saturated heterocycles. The lowest BCUT2D eigenvalue weighted by molar-refractivity contribution is 0.0951. The molecule has 2 aromatic rings. The maximum absolute atomic E-state index is 11.6. The number of nitrogens with one attached hydrogen (secondary N) is 1. The first-order chi connectivity index (χ1) is 7.63. The molecule has 1 amide bonds. The van der Waals surface area contributed by atoms with Gasteiger partial charge in [-0.05, 0) is 26.0 Å². The number of aromatic nitrogens is 3. The van der Waals surface area contributed by atoms with Gasteiger partial charge in [-0.15, -0.1) is 0 Å². The van der Waals surface area contributed by atoms with E-state index in [1.165, 1.54) is 0 Å². The molecule has 0 fully saturated rings. The number of carbonyl (C=O) groups is 1. The molecule has 0 aromatic carbocycles. The van der Waals surface area contributed by atoms with Crippen LogP contribution in [-0.4, -0.2) is 27.2 Å². The third kappa shape index (κ3) is 1.64. The van der Waals surface area contributed by atoms with E-state index < -0.39 is 0 Å². The second-order valence-electron chi connectivity index (χ2n) is 3.64. The molecule has 1 N–H and O–H groups in total. The summed E-state index contributed by atoms with van der Waals surface area (Å²) in [7, 11) is 1.82. The van der Waals surface area contributed by atoms with E-state index in [-0.39, 0.29) is 5.91 Å². The average Bonchev–Trinajstić information content (AvgIpc) is 2.55. The van der Waals surface area contributed by atoms with Crippen molar-refractivity contribution in [1.29, 1.82) is 0 Å². The van der Waals surface area contributed by atoms with Gasteiger partial charge in [0.25, 0.3) is 5.91 Å². The smallest absolute Gasteiger partial charge is 0.269 e. The van der Waals surface area contributed by atoms with Crippen molar-refractivity contribution in [2.75, 3.05) is 6.54 Å². The molecule has 0 aliphatic heterocycles. The molecule has 5 nitrogen and oxygen atoms in total. The van der Waals surface area contributed by atoms with E-state index in [2.05, 4.69) is 15.4 Å². The van der Waals surface area contributed by atoms with Crippen molar-refractivity contribution in [3.63, 3.8) is 0 Å². The number of pyridine rings is 1. The Kier molecular flexibility index (Phi) is 2.60. The maximum Gasteiger partial charge on any atom is 0.269 e. The van der Waals surface area contributed by atoms with Crippen LogP contribution in [0.1, 0.15) is 23.1 Å². The van der Waals surface area contributed by atoms with Gasteiger partial charge in [0.15, 0.2) is 5.65 Å². The molecule has 2 rings (SSSR count). The fourth-order valence-corrected chi connectivity index (χ4v) is 1.68. The van der Waals surface area contributed by atoms with Gasteiger partial charge in [0.1, 0.15) is 5.69 Å². The van der Waals surface area contributed by atoms with Gasteiger partial charge in [-0.1, -0.05) is 0 Å². The highest BCUT2D eigenvalue weighted by Crippen LogP contribution is 2.15. The number of fused-ring (bicyclic) bond motifs is 1. The highest BCUT2D eigenvalue weighted by molar-refractivity contribution is 5.94. The lowest BCUT2D eigenvalue weighted by Crippen LogP contribution is -2.23. The van der Waals surface area contributed by atoms with E-state index in [4.69, 9.17) is 0 Å². The van der Waals surface area contributed by atoms with Crippen molar-refractivity contribution in [3.05, 3.63) is 23.5 Å². The summed E-state index contributed by atoms with van der Waals surface area (Å²) in [6.07, 6.45) is 0. The lowest BCUT2D eigenvalue weighted by atomic mass is 10.2. The van der Waals surface area contributed by atoms with E-state index in [9.17, 15) is 4.79 Å². The third-order valence-corrected chi connectivity index (χ3v) is 2.44. The van der Waals surface area contributed by atoms with Gasteiger partial charge in [0.2, 0.25) is 0 Å². The fraction of sp³-hybridized carbons (Fsp3) is 0.364. The first-order valence-electron chi connectivity index (χ1n) is 5.22. The van der Waals surface area contributed by atoms with Crippen molar-refractivity contribution < 1.29 is 4.79 Å². The molecular formula is C11H14N4O. The van der Waals surface area contributed by atoms with E-state index in [0.29, 0.717) is 12.2 Å². The van der Waals surface area contributed by atoms with Gasteiger partial charge in [-0.25, -0.2) is 4.98 Å². The highest BCUT2D eigenvalue weighted by atomic mass is 16.1. The first-order valence-corrected chi connectivity index (χ1v) is 5.22. The van der Waals surface area contributed by atoms with Crippen LogP contribution in [0, 0.1) is 6.92 Å². The molecule has 0 saturated carbocycles. The van der Waals surface area contributed by atoms with Gasteiger partial charge in [-0.3, -0.25) is 9.48 Å². The van der Waals surface area contributed by atoms with Crippen molar-refractivity contribution in [2.24, 2.45) is 7.05 Å². The van der Waals surface area contributed by atoms with Gasteiger partial charge < -0.3 is 5.32 Å². The zero-order valence-corrected chi connectivity index (χ0v) is 9.61. The lowest BCUT2D eigenvalue weighted by Gasteiger charge is -2.01. The van der Waals surface area contributed by atoms with Crippen molar-refractivity contribution in [1.82, 2.24) is 20.1 Å². The number of amides is 1. The summed E-state index contributed by atoms with van der Waals surface area (Å²) < 4.78 is 1.69. The number of aryl methyl sites for hydroxylation is 2. The molecule has 5 heteroatoms. The summed E-state index contributed by atoms with van der Waals surface area (Å²) in [6, 6.07) is 3.61. The molecule has 84 valence electrons. The molecule has 0 aliphatic carbocycles. The molecule has 2 heterocycles. The van der Waals surface area contributed by atoms with E-state index in [1.807, 2.05) is 27.0 Å². The maximum atomic E-state index is 11.6. The number of carbonyl (C=O) groups excluding carboxylic acids is 1. The molecule has 0 unspecified atom stereocenters. The summed E-state index contributed by atoms with van der Waals surface area (Å²) in [4.78, 5) is 15.9. The Morgan fingerprint density at radius 3 is 2.94 bits per heavy atom. The molecule has 0 radical (unpaired) electrons. The summed E-state index contributed by atoms with van der Waals surface area (Å²) in [5.41, 5.74) is 2.09. The molecule has 16 heavy (non-hydrogen) atoms. The summed E-state index contributed by atoms with van der Waals surface area (Å²) in [6.45, 7) is 4.41. The molecule has 0 bridgehead atoms. The molecular weight excluding hydrogens is 204 g/mol. The fourth-order valence-electron chi connectivity index (χ4n) is 1.68. The van der Waals surface area contributed by atoms with Gasteiger partial charge in [0.05, 0.1) is 5.69 Å². The Labute approximate surface area is 93.5 Å².